The summed E-state index contributed by atoms with van der Waals surface area (Å²) >= 11 is 0. The van der Waals surface area contributed by atoms with Gasteiger partial charge in [0.2, 0.25) is 0 Å². The monoisotopic (exact) mass is 596 g/mol. The molecule has 3 aromatic rings. The number of hydrogen-bond donors (Lipinski definition) is 1. The number of halogens is 2. The maximum atomic E-state index is 14.8. The van der Waals surface area contributed by atoms with Gasteiger partial charge in [-0.25, -0.2) is 26.0 Å². The van der Waals surface area contributed by atoms with E-state index in [1.807, 2.05) is 0 Å². The fourth-order valence-electron chi connectivity index (χ4n) is 3.96. The Morgan fingerprint density at radius 3 is 2.38 bits per heavy atom. The van der Waals surface area contributed by atoms with Gasteiger partial charge < -0.3 is 9.64 Å². The number of nitrogens with zero attached hydrogens (tertiary/aromatic N) is 3. The number of alkyl halides is 1. The number of aromatic nitrogens is 1. The summed E-state index contributed by atoms with van der Waals surface area (Å²) < 4.78 is 90.0. The minimum absolute atomic E-state index is 0.00578. The molecule has 1 amide bonds. The second kappa shape index (κ2) is 10.8. The summed E-state index contributed by atoms with van der Waals surface area (Å²) in [7, 11) is -6.98. The molecule has 4 rings (SSSR count). The molecule has 216 valence electrons. The number of carbonyl (C=O) groups excluding carboxylic acids is 1. The molecule has 1 fully saturated rings. The van der Waals surface area contributed by atoms with Crippen LogP contribution in [0.2, 0.25) is 0 Å². The smallest absolute Gasteiger partial charge is 0.410 e. The van der Waals surface area contributed by atoms with Crippen molar-refractivity contribution >= 4 is 32.0 Å². The SMILES string of the molecule is CN(Cc1cc(-c2ccccc2F)n(S(=O)(=O)c2cccc(NS(=O)(=O)N3CC(F)C3)c2)c1)C(=O)OC(C)(C)C. The highest BCUT2D eigenvalue weighted by molar-refractivity contribution is 7.90. The number of ether oxygens (including phenoxy) is 1. The third kappa shape index (κ3) is 6.45. The zero-order valence-corrected chi connectivity index (χ0v) is 24.0. The van der Waals surface area contributed by atoms with Crippen LogP contribution in [0.1, 0.15) is 26.3 Å². The predicted octanol–water partition coefficient (Wildman–Crippen LogP) is 4.21. The first-order chi connectivity index (χ1) is 18.6. The molecule has 1 aliphatic heterocycles. The van der Waals surface area contributed by atoms with E-state index in [0.717, 1.165) is 14.3 Å². The van der Waals surface area contributed by atoms with Crippen molar-refractivity contribution in [2.45, 2.75) is 44.0 Å². The number of hydrogen-bond acceptors (Lipinski definition) is 6. The lowest BCUT2D eigenvalue weighted by atomic mass is 10.1. The van der Waals surface area contributed by atoms with E-state index in [0.29, 0.717) is 5.56 Å². The molecule has 0 atom stereocenters. The normalized spacial score (nSPS) is 14.9. The summed E-state index contributed by atoms with van der Waals surface area (Å²) in [6.45, 7) is 4.53. The minimum atomic E-state index is -4.39. The van der Waals surface area contributed by atoms with Gasteiger partial charge in [0, 0.05) is 31.9 Å². The van der Waals surface area contributed by atoms with E-state index >= 15 is 0 Å². The molecule has 2 aromatic carbocycles. The van der Waals surface area contributed by atoms with Crippen molar-refractivity contribution in [2.24, 2.45) is 0 Å². The van der Waals surface area contributed by atoms with E-state index in [1.165, 1.54) is 60.6 Å². The van der Waals surface area contributed by atoms with Gasteiger partial charge >= 0.3 is 16.3 Å². The number of nitrogens with one attached hydrogen (secondary N) is 1. The van der Waals surface area contributed by atoms with Gasteiger partial charge in [-0.3, -0.25) is 4.72 Å². The lowest BCUT2D eigenvalue weighted by Gasteiger charge is -2.33. The summed E-state index contributed by atoms with van der Waals surface area (Å²) in [4.78, 5) is 13.5. The first-order valence-corrected chi connectivity index (χ1v) is 15.1. The molecule has 40 heavy (non-hydrogen) atoms. The summed E-state index contributed by atoms with van der Waals surface area (Å²) in [6, 6.07) is 12.2. The van der Waals surface area contributed by atoms with E-state index in [-0.39, 0.29) is 41.5 Å². The highest BCUT2D eigenvalue weighted by Gasteiger charge is 2.36. The van der Waals surface area contributed by atoms with Crippen LogP contribution in [0.4, 0.5) is 19.3 Å². The van der Waals surface area contributed by atoms with E-state index in [1.54, 1.807) is 26.8 Å². The van der Waals surface area contributed by atoms with Gasteiger partial charge in [0.1, 0.15) is 17.6 Å². The molecule has 1 saturated heterocycles. The highest BCUT2D eigenvalue weighted by Crippen LogP contribution is 2.31. The zero-order chi connectivity index (χ0) is 29.5. The van der Waals surface area contributed by atoms with Crippen molar-refractivity contribution in [1.29, 1.82) is 0 Å². The van der Waals surface area contributed by atoms with Gasteiger partial charge in [-0.2, -0.15) is 12.7 Å². The van der Waals surface area contributed by atoms with Crippen LogP contribution in [-0.2, 0) is 31.5 Å². The molecule has 2 heterocycles. The van der Waals surface area contributed by atoms with Crippen molar-refractivity contribution in [3.05, 3.63) is 72.2 Å². The molecule has 0 aliphatic carbocycles. The third-order valence-electron chi connectivity index (χ3n) is 5.90. The molecule has 0 saturated carbocycles. The van der Waals surface area contributed by atoms with Crippen molar-refractivity contribution in [3.63, 3.8) is 0 Å². The largest absolute Gasteiger partial charge is 0.444 e. The van der Waals surface area contributed by atoms with Crippen LogP contribution in [0.25, 0.3) is 11.3 Å². The van der Waals surface area contributed by atoms with E-state index in [2.05, 4.69) is 4.72 Å². The van der Waals surface area contributed by atoms with Crippen LogP contribution >= 0.6 is 0 Å². The molecule has 0 spiro atoms. The van der Waals surface area contributed by atoms with Gasteiger partial charge in [0.15, 0.2) is 0 Å². The molecule has 1 aliphatic rings. The Kier molecular flexibility index (Phi) is 7.98. The van der Waals surface area contributed by atoms with Crippen molar-refractivity contribution < 1.29 is 35.1 Å². The summed E-state index contributed by atoms with van der Waals surface area (Å²) in [5.74, 6) is -0.661. The number of rotatable bonds is 8. The summed E-state index contributed by atoms with van der Waals surface area (Å²) in [6.07, 6.45) is -0.606. The van der Waals surface area contributed by atoms with E-state index in [4.69, 9.17) is 4.74 Å². The number of carbonyl (C=O) groups is 1. The Labute approximate surface area is 232 Å². The average Bonchev–Trinajstić information content (AvgIpc) is 3.25. The van der Waals surface area contributed by atoms with Crippen LogP contribution in [0.15, 0.2) is 65.7 Å². The second-order valence-electron chi connectivity index (χ2n) is 10.4. The maximum Gasteiger partial charge on any atom is 0.410 e. The van der Waals surface area contributed by atoms with Gasteiger partial charge in [-0.05, 0) is 62.7 Å². The standard InChI is InChI=1S/C26H30F2N4O6S2/c1-26(2,3)38-25(33)30(4)14-18-12-24(22-10-5-6-11-23(22)28)32(15-18)39(34,35)21-9-7-8-20(13-21)29-40(36,37)31-16-19(27)17-31/h5-13,15,19,29H,14,16-17H2,1-4H3. The predicted molar refractivity (Wildman–Crippen MR) is 146 cm³/mol. The number of benzene rings is 2. The number of amides is 1. The molecular formula is C26H30F2N4O6S2. The van der Waals surface area contributed by atoms with Gasteiger partial charge in [-0.15, -0.1) is 0 Å². The van der Waals surface area contributed by atoms with Gasteiger partial charge in [0.25, 0.3) is 10.0 Å². The molecular weight excluding hydrogens is 566 g/mol. The molecule has 0 bridgehead atoms. The molecule has 1 aromatic heterocycles. The van der Waals surface area contributed by atoms with Crippen LogP contribution in [0.5, 0.6) is 0 Å². The van der Waals surface area contributed by atoms with Gasteiger partial charge in [-0.1, -0.05) is 18.2 Å². The molecule has 14 heteroatoms. The van der Waals surface area contributed by atoms with Crippen molar-refractivity contribution in [3.8, 4) is 11.3 Å². The molecule has 0 unspecified atom stereocenters. The lowest BCUT2D eigenvalue weighted by Crippen LogP contribution is -2.53. The van der Waals surface area contributed by atoms with E-state index in [9.17, 15) is 30.4 Å². The Hall–Kier alpha value is -3.49. The van der Waals surface area contributed by atoms with Crippen LogP contribution in [0.3, 0.4) is 0 Å². The van der Waals surface area contributed by atoms with Gasteiger partial charge in [0.05, 0.1) is 22.8 Å². The first kappa shape index (κ1) is 29.5. The Bertz CT molecular complexity index is 1630. The Morgan fingerprint density at radius 2 is 1.75 bits per heavy atom. The fraction of sp³-hybridized carbons (Fsp3) is 0.346. The Morgan fingerprint density at radius 1 is 1.07 bits per heavy atom. The second-order valence-corrected chi connectivity index (χ2v) is 13.9. The third-order valence-corrected chi connectivity index (χ3v) is 9.04. The Balaban J connectivity index is 1.71. The summed E-state index contributed by atoms with van der Waals surface area (Å²) in [5, 5.41) is 0. The van der Waals surface area contributed by atoms with Crippen molar-refractivity contribution in [1.82, 2.24) is 13.2 Å². The highest BCUT2D eigenvalue weighted by atomic mass is 32.2. The molecule has 0 radical (unpaired) electrons. The molecule has 10 nitrogen and oxygen atoms in total. The van der Waals surface area contributed by atoms with E-state index < -0.39 is 43.9 Å². The quantitative estimate of drug-likeness (QED) is 0.416. The zero-order valence-electron chi connectivity index (χ0n) is 22.3. The topological polar surface area (TPSA) is 118 Å². The lowest BCUT2D eigenvalue weighted by molar-refractivity contribution is 0.0285. The fourth-order valence-corrected chi connectivity index (χ4v) is 6.67. The van der Waals surface area contributed by atoms with Crippen LogP contribution < -0.4 is 4.72 Å². The number of anilines is 1. The maximum absolute atomic E-state index is 14.8. The average molecular weight is 597 g/mol. The minimum Gasteiger partial charge on any atom is -0.444 e. The van der Waals surface area contributed by atoms with Crippen molar-refractivity contribution in [2.75, 3.05) is 24.9 Å². The van der Waals surface area contributed by atoms with Crippen LogP contribution in [0, 0.1) is 5.82 Å². The van der Waals surface area contributed by atoms with Crippen LogP contribution in [-0.4, -0.2) is 68.0 Å². The molecule has 1 N–H and O–H groups in total. The first-order valence-electron chi connectivity index (χ1n) is 12.2. The summed E-state index contributed by atoms with van der Waals surface area (Å²) in [5.41, 5.74) is -0.397.